The molecule has 1 aliphatic carbocycles. The quantitative estimate of drug-likeness (QED) is 0.846. The molecule has 1 aromatic rings. The minimum absolute atomic E-state index is 0.0615. The maximum atomic E-state index is 13.4. The largest absolute Gasteiger partial charge is 0.481 e. The zero-order valence-electron chi connectivity index (χ0n) is 11.5. The number of rotatable bonds is 6. The van der Waals surface area contributed by atoms with E-state index < -0.39 is 23.0 Å². The van der Waals surface area contributed by atoms with Crippen molar-refractivity contribution in [2.24, 2.45) is 5.41 Å². The van der Waals surface area contributed by atoms with E-state index >= 15 is 0 Å². The molecule has 1 fully saturated rings. The van der Waals surface area contributed by atoms with Gasteiger partial charge in [0, 0.05) is 13.0 Å². The molecule has 1 aliphatic rings. The van der Waals surface area contributed by atoms with E-state index in [0.717, 1.165) is 12.5 Å². The fraction of sp³-hybridized carbons (Fsp3) is 0.467. The van der Waals surface area contributed by atoms with Gasteiger partial charge in [0.25, 0.3) is 0 Å². The van der Waals surface area contributed by atoms with Gasteiger partial charge in [-0.15, -0.1) is 0 Å². The fourth-order valence-corrected chi connectivity index (χ4v) is 2.52. The molecule has 2 N–H and O–H groups in total. The van der Waals surface area contributed by atoms with Crippen LogP contribution < -0.4 is 5.32 Å². The van der Waals surface area contributed by atoms with Gasteiger partial charge in [-0.05, 0) is 30.9 Å². The van der Waals surface area contributed by atoms with Crippen molar-refractivity contribution in [3.63, 3.8) is 0 Å². The Morgan fingerprint density at radius 3 is 2.57 bits per heavy atom. The maximum Gasteiger partial charge on any atom is 0.310 e. The van der Waals surface area contributed by atoms with Crippen LogP contribution in [0.4, 0.5) is 8.78 Å². The Balaban J connectivity index is 1.82. The molecule has 6 heteroatoms. The molecule has 0 radical (unpaired) electrons. The van der Waals surface area contributed by atoms with E-state index in [2.05, 4.69) is 5.32 Å². The summed E-state index contributed by atoms with van der Waals surface area (Å²) in [5.74, 6) is -3.14. The first-order valence-electron chi connectivity index (χ1n) is 6.88. The van der Waals surface area contributed by atoms with E-state index in [1.54, 1.807) is 0 Å². The standard InChI is InChI=1S/C15H17F2NO3/c16-11-4-1-3-10(13(11)17)5-8-18-12(19)9-15(14(20)21)6-2-7-15/h1,3-4H,2,5-9H2,(H,18,19)(H,20,21). The molecule has 0 atom stereocenters. The molecule has 1 amide bonds. The third-order valence-corrected chi connectivity index (χ3v) is 4.01. The monoisotopic (exact) mass is 297 g/mol. The Labute approximate surface area is 121 Å². The zero-order chi connectivity index (χ0) is 15.5. The van der Waals surface area contributed by atoms with Crippen LogP contribution in [0.15, 0.2) is 18.2 Å². The van der Waals surface area contributed by atoms with Crippen molar-refractivity contribution in [2.75, 3.05) is 6.54 Å². The summed E-state index contributed by atoms with van der Waals surface area (Å²) in [6.45, 7) is 0.148. The summed E-state index contributed by atoms with van der Waals surface area (Å²) in [5, 5.41) is 11.7. The molecule has 114 valence electrons. The SMILES string of the molecule is O=C(CC1(C(=O)O)CCC1)NCCc1cccc(F)c1F. The van der Waals surface area contributed by atoms with Gasteiger partial charge in [0.1, 0.15) is 0 Å². The van der Waals surface area contributed by atoms with Crippen LogP contribution >= 0.6 is 0 Å². The summed E-state index contributed by atoms with van der Waals surface area (Å²) in [6.07, 6.45) is 1.93. The van der Waals surface area contributed by atoms with Crippen LogP contribution in [0, 0.1) is 17.0 Å². The first kappa shape index (κ1) is 15.4. The van der Waals surface area contributed by atoms with E-state index in [1.807, 2.05) is 0 Å². The first-order valence-corrected chi connectivity index (χ1v) is 6.88. The van der Waals surface area contributed by atoms with Gasteiger partial charge in [0.2, 0.25) is 5.91 Å². The Kier molecular flexibility index (Phi) is 4.55. The average Bonchev–Trinajstić information content (AvgIpc) is 2.38. The smallest absolute Gasteiger partial charge is 0.310 e. The molecule has 1 aromatic carbocycles. The van der Waals surface area contributed by atoms with Gasteiger partial charge < -0.3 is 10.4 Å². The number of carbonyl (C=O) groups is 2. The first-order chi connectivity index (χ1) is 9.94. The molecule has 0 aromatic heterocycles. The molecule has 2 rings (SSSR count). The van der Waals surface area contributed by atoms with Crippen LogP contribution in [0.5, 0.6) is 0 Å². The van der Waals surface area contributed by atoms with Crippen molar-refractivity contribution >= 4 is 11.9 Å². The van der Waals surface area contributed by atoms with Gasteiger partial charge in [-0.1, -0.05) is 18.6 Å². The second-order valence-corrected chi connectivity index (χ2v) is 5.43. The number of carboxylic acids is 1. The highest BCUT2D eigenvalue weighted by atomic mass is 19.2. The number of aliphatic carboxylic acids is 1. The van der Waals surface area contributed by atoms with Gasteiger partial charge >= 0.3 is 5.97 Å². The number of halogens is 2. The second-order valence-electron chi connectivity index (χ2n) is 5.43. The third-order valence-electron chi connectivity index (χ3n) is 4.01. The predicted octanol–water partition coefficient (Wildman–Crippen LogP) is 2.27. The van der Waals surface area contributed by atoms with Crippen molar-refractivity contribution in [1.29, 1.82) is 0 Å². The topological polar surface area (TPSA) is 66.4 Å². The van der Waals surface area contributed by atoms with Crippen molar-refractivity contribution in [2.45, 2.75) is 32.1 Å². The van der Waals surface area contributed by atoms with Crippen LogP contribution in [0.1, 0.15) is 31.2 Å². The second kappa shape index (κ2) is 6.20. The molecule has 0 unspecified atom stereocenters. The molecule has 0 saturated heterocycles. The Hall–Kier alpha value is -1.98. The maximum absolute atomic E-state index is 13.4. The molecule has 4 nitrogen and oxygen atoms in total. The van der Waals surface area contributed by atoms with Crippen molar-refractivity contribution in [3.8, 4) is 0 Å². The lowest BCUT2D eigenvalue weighted by molar-refractivity contribution is -0.157. The van der Waals surface area contributed by atoms with E-state index in [0.29, 0.717) is 12.8 Å². The van der Waals surface area contributed by atoms with Crippen molar-refractivity contribution < 1.29 is 23.5 Å². The van der Waals surface area contributed by atoms with E-state index in [-0.39, 0.29) is 30.9 Å². The van der Waals surface area contributed by atoms with Crippen LogP contribution in [-0.4, -0.2) is 23.5 Å². The minimum atomic E-state index is -0.944. The number of carboxylic acid groups (broad SMARTS) is 1. The van der Waals surface area contributed by atoms with Gasteiger partial charge in [0.05, 0.1) is 5.41 Å². The number of nitrogens with one attached hydrogen (secondary N) is 1. The highest BCUT2D eigenvalue weighted by Crippen LogP contribution is 2.44. The van der Waals surface area contributed by atoms with E-state index in [4.69, 9.17) is 5.11 Å². The number of benzene rings is 1. The Bertz CT molecular complexity index is 556. The van der Waals surface area contributed by atoms with Crippen molar-refractivity contribution in [3.05, 3.63) is 35.4 Å². The summed E-state index contributed by atoms with van der Waals surface area (Å²) < 4.78 is 26.4. The number of hydrogen-bond donors (Lipinski definition) is 2. The van der Waals surface area contributed by atoms with Crippen LogP contribution in [0.25, 0.3) is 0 Å². The molecule has 0 heterocycles. The van der Waals surface area contributed by atoms with Crippen LogP contribution in [0.2, 0.25) is 0 Å². The number of amides is 1. The molecule has 0 aliphatic heterocycles. The predicted molar refractivity (Wildman–Crippen MR) is 71.6 cm³/mol. The van der Waals surface area contributed by atoms with Crippen LogP contribution in [0.3, 0.4) is 0 Å². The number of carbonyl (C=O) groups excluding carboxylic acids is 1. The van der Waals surface area contributed by atoms with Gasteiger partial charge in [-0.3, -0.25) is 9.59 Å². The lowest BCUT2D eigenvalue weighted by Gasteiger charge is -2.36. The minimum Gasteiger partial charge on any atom is -0.481 e. The molecule has 0 spiro atoms. The van der Waals surface area contributed by atoms with Crippen LogP contribution in [-0.2, 0) is 16.0 Å². The molecule has 1 saturated carbocycles. The lowest BCUT2D eigenvalue weighted by atomic mass is 9.66. The number of hydrogen-bond acceptors (Lipinski definition) is 2. The summed E-state index contributed by atoms with van der Waals surface area (Å²) >= 11 is 0. The lowest BCUT2D eigenvalue weighted by Crippen LogP contribution is -2.42. The average molecular weight is 297 g/mol. The van der Waals surface area contributed by atoms with Gasteiger partial charge in [0.15, 0.2) is 11.6 Å². The van der Waals surface area contributed by atoms with Crippen molar-refractivity contribution in [1.82, 2.24) is 5.32 Å². The zero-order valence-corrected chi connectivity index (χ0v) is 11.5. The molecule has 0 bridgehead atoms. The fourth-order valence-electron chi connectivity index (χ4n) is 2.52. The van der Waals surface area contributed by atoms with Gasteiger partial charge in [-0.2, -0.15) is 0 Å². The summed E-state index contributed by atoms with van der Waals surface area (Å²) in [6, 6.07) is 3.89. The summed E-state index contributed by atoms with van der Waals surface area (Å²) in [7, 11) is 0. The van der Waals surface area contributed by atoms with E-state index in [1.165, 1.54) is 12.1 Å². The highest BCUT2D eigenvalue weighted by molar-refractivity contribution is 5.85. The Morgan fingerprint density at radius 2 is 2.00 bits per heavy atom. The highest BCUT2D eigenvalue weighted by Gasteiger charge is 2.45. The Morgan fingerprint density at radius 1 is 1.29 bits per heavy atom. The molecular formula is C15H17F2NO3. The normalized spacial score (nSPS) is 16.1. The molecule has 21 heavy (non-hydrogen) atoms. The summed E-state index contributed by atoms with van der Waals surface area (Å²) in [5.41, 5.74) is -0.749. The third kappa shape index (κ3) is 3.37. The van der Waals surface area contributed by atoms with E-state index in [9.17, 15) is 18.4 Å². The van der Waals surface area contributed by atoms with Gasteiger partial charge in [-0.25, -0.2) is 8.78 Å². The summed E-state index contributed by atoms with van der Waals surface area (Å²) in [4.78, 5) is 22.9. The molecular weight excluding hydrogens is 280 g/mol.